The Hall–Kier alpha value is -1.02. The van der Waals surface area contributed by atoms with Crippen LogP contribution in [-0.2, 0) is 19.8 Å². The van der Waals surface area contributed by atoms with E-state index < -0.39 is 5.60 Å². The zero-order valence-electron chi connectivity index (χ0n) is 12.4. The van der Waals surface area contributed by atoms with E-state index in [4.69, 9.17) is 24.5 Å². The third-order valence-electron chi connectivity index (χ3n) is 4.30. The number of rotatable bonds is 4. The fourth-order valence-electron chi connectivity index (χ4n) is 2.99. The predicted octanol–water partition coefficient (Wildman–Crippen LogP) is 0.943. The first-order chi connectivity index (χ1) is 10.2. The zero-order valence-corrected chi connectivity index (χ0v) is 12.4. The van der Waals surface area contributed by atoms with Crippen LogP contribution in [0.1, 0.15) is 43.8 Å². The van der Waals surface area contributed by atoms with Gasteiger partial charge in [-0.2, -0.15) is 4.98 Å². The van der Waals surface area contributed by atoms with Crippen molar-refractivity contribution in [2.45, 2.75) is 43.7 Å². The van der Waals surface area contributed by atoms with Crippen LogP contribution in [0.4, 0.5) is 0 Å². The number of ether oxygens (including phenoxy) is 3. The highest BCUT2D eigenvalue weighted by atomic mass is 16.5. The summed E-state index contributed by atoms with van der Waals surface area (Å²) in [5.74, 6) is 1.14. The minimum Gasteiger partial charge on any atom is -0.381 e. The molecule has 0 spiro atoms. The second-order valence-electron chi connectivity index (χ2n) is 5.63. The van der Waals surface area contributed by atoms with Gasteiger partial charge in [0.1, 0.15) is 5.60 Å². The Kier molecular flexibility index (Phi) is 4.54. The van der Waals surface area contributed by atoms with Crippen LogP contribution in [0.3, 0.4) is 0 Å². The maximum Gasteiger partial charge on any atom is 0.233 e. The van der Waals surface area contributed by atoms with Crippen molar-refractivity contribution in [3.8, 4) is 0 Å². The first-order valence-corrected chi connectivity index (χ1v) is 7.64. The monoisotopic (exact) mass is 297 g/mol. The molecule has 2 aliphatic rings. The van der Waals surface area contributed by atoms with Crippen molar-refractivity contribution in [3.05, 3.63) is 11.7 Å². The van der Waals surface area contributed by atoms with E-state index in [0.29, 0.717) is 44.7 Å². The van der Waals surface area contributed by atoms with Crippen molar-refractivity contribution in [2.24, 2.45) is 5.73 Å². The van der Waals surface area contributed by atoms with Crippen LogP contribution in [0.2, 0.25) is 0 Å². The van der Waals surface area contributed by atoms with Gasteiger partial charge in [-0.3, -0.25) is 0 Å². The fraction of sp³-hybridized carbons (Fsp3) is 0.857. The Bertz CT molecular complexity index is 453. The van der Waals surface area contributed by atoms with Crippen molar-refractivity contribution in [1.29, 1.82) is 0 Å². The van der Waals surface area contributed by atoms with E-state index >= 15 is 0 Å². The lowest BCUT2D eigenvalue weighted by Gasteiger charge is -2.33. The molecule has 2 N–H and O–H groups in total. The molecule has 21 heavy (non-hydrogen) atoms. The Morgan fingerprint density at radius 2 is 2.10 bits per heavy atom. The third kappa shape index (κ3) is 2.96. The van der Waals surface area contributed by atoms with Gasteiger partial charge in [0.25, 0.3) is 0 Å². The molecule has 2 atom stereocenters. The molecule has 1 aromatic heterocycles. The summed E-state index contributed by atoms with van der Waals surface area (Å²) in [7, 11) is 0. The van der Waals surface area contributed by atoms with Crippen molar-refractivity contribution < 1.29 is 18.7 Å². The topological polar surface area (TPSA) is 92.6 Å². The van der Waals surface area contributed by atoms with E-state index in [1.54, 1.807) is 0 Å². The molecule has 2 fully saturated rings. The molecule has 118 valence electrons. The van der Waals surface area contributed by atoms with Gasteiger partial charge in [-0.05, 0) is 13.3 Å². The van der Waals surface area contributed by atoms with Crippen LogP contribution in [0.5, 0.6) is 0 Å². The lowest BCUT2D eigenvalue weighted by Crippen LogP contribution is -2.38. The van der Waals surface area contributed by atoms with Crippen LogP contribution < -0.4 is 5.73 Å². The molecule has 2 unspecified atom stereocenters. The second-order valence-corrected chi connectivity index (χ2v) is 5.63. The number of hydrogen-bond acceptors (Lipinski definition) is 7. The van der Waals surface area contributed by atoms with Gasteiger partial charge in [0.05, 0.1) is 12.5 Å². The lowest BCUT2D eigenvalue weighted by molar-refractivity contribution is -0.118. The molecule has 7 nitrogen and oxygen atoms in total. The van der Waals surface area contributed by atoms with Gasteiger partial charge in [0.15, 0.2) is 0 Å². The van der Waals surface area contributed by atoms with Crippen LogP contribution in [0.15, 0.2) is 4.52 Å². The number of hydrogen-bond donors (Lipinski definition) is 1. The van der Waals surface area contributed by atoms with Gasteiger partial charge in [-0.15, -0.1) is 0 Å². The van der Waals surface area contributed by atoms with Crippen molar-refractivity contribution >= 4 is 0 Å². The number of aromatic nitrogens is 2. The van der Waals surface area contributed by atoms with Crippen molar-refractivity contribution in [2.75, 3.05) is 33.0 Å². The first kappa shape index (κ1) is 14.9. The standard InChI is InChI=1S/C14H23N3O4/c1-2-20-14(4-7-18-8-5-14)13-16-12(21-17-13)10-9-19-6-3-11(10)15/h10-11H,2-9,15H2,1H3. The van der Waals surface area contributed by atoms with E-state index in [9.17, 15) is 0 Å². The largest absolute Gasteiger partial charge is 0.381 e. The molecule has 1 aromatic rings. The van der Waals surface area contributed by atoms with Crippen LogP contribution in [-0.4, -0.2) is 49.2 Å². The van der Waals surface area contributed by atoms with E-state index in [0.717, 1.165) is 19.3 Å². The molecule has 2 aliphatic heterocycles. The van der Waals surface area contributed by atoms with Gasteiger partial charge in [-0.1, -0.05) is 5.16 Å². The van der Waals surface area contributed by atoms with Crippen LogP contribution in [0, 0.1) is 0 Å². The van der Waals surface area contributed by atoms with E-state index in [1.807, 2.05) is 6.92 Å². The smallest absolute Gasteiger partial charge is 0.233 e. The molecule has 2 saturated heterocycles. The first-order valence-electron chi connectivity index (χ1n) is 7.64. The minimum absolute atomic E-state index is 0.00443. The Balaban J connectivity index is 1.81. The molecule has 7 heteroatoms. The molecule has 3 heterocycles. The molecule has 0 aromatic carbocycles. The van der Waals surface area contributed by atoms with Gasteiger partial charge in [-0.25, -0.2) is 0 Å². The highest BCUT2D eigenvalue weighted by Gasteiger charge is 2.41. The molecule has 0 bridgehead atoms. The quantitative estimate of drug-likeness (QED) is 0.884. The highest BCUT2D eigenvalue weighted by Crippen LogP contribution is 2.35. The molecule has 3 rings (SSSR count). The van der Waals surface area contributed by atoms with Crippen molar-refractivity contribution in [1.82, 2.24) is 10.1 Å². The molecule has 0 radical (unpaired) electrons. The summed E-state index contributed by atoms with van der Waals surface area (Å²) in [4.78, 5) is 4.58. The molecular weight excluding hydrogens is 274 g/mol. The van der Waals surface area contributed by atoms with E-state index in [2.05, 4.69) is 10.1 Å². The summed E-state index contributed by atoms with van der Waals surface area (Å²) in [6.07, 6.45) is 2.30. The minimum atomic E-state index is -0.492. The van der Waals surface area contributed by atoms with E-state index in [1.165, 1.54) is 0 Å². The second kappa shape index (κ2) is 6.39. The maximum atomic E-state index is 6.13. The summed E-state index contributed by atoms with van der Waals surface area (Å²) in [6, 6.07) is 0.00443. The SMILES string of the molecule is CCOC1(c2noc(C3COCCC3N)n2)CCOCC1. The fourth-order valence-corrected chi connectivity index (χ4v) is 2.99. The summed E-state index contributed by atoms with van der Waals surface area (Å²) >= 11 is 0. The van der Waals surface area contributed by atoms with Gasteiger partial charge in [0.2, 0.25) is 11.7 Å². The van der Waals surface area contributed by atoms with Crippen LogP contribution in [0.25, 0.3) is 0 Å². The lowest BCUT2D eigenvalue weighted by atomic mass is 9.92. The van der Waals surface area contributed by atoms with Crippen LogP contribution >= 0.6 is 0 Å². The Morgan fingerprint density at radius 1 is 1.29 bits per heavy atom. The predicted molar refractivity (Wildman–Crippen MR) is 73.8 cm³/mol. The molecule has 0 saturated carbocycles. The van der Waals surface area contributed by atoms with Gasteiger partial charge < -0.3 is 24.5 Å². The molecular formula is C14H23N3O4. The molecule has 0 aliphatic carbocycles. The maximum absolute atomic E-state index is 6.13. The molecule has 0 amide bonds. The van der Waals surface area contributed by atoms with Gasteiger partial charge >= 0.3 is 0 Å². The highest BCUT2D eigenvalue weighted by molar-refractivity contribution is 5.07. The normalized spacial score (nSPS) is 29.4. The van der Waals surface area contributed by atoms with E-state index in [-0.39, 0.29) is 12.0 Å². The Labute approximate surface area is 124 Å². The summed E-state index contributed by atoms with van der Waals surface area (Å²) in [5.41, 5.74) is 5.64. The zero-order chi connectivity index (χ0) is 14.7. The third-order valence-corrected chi connectivity index (χ3v) is 4.30. The van der Waals surface area contributed by atoms with Gasteiger partial charge in [0, 0.05) is 45.3 Å². The summed E-state index contributed by atoms with van der Waals surface area (Å²) in [5, 5.41) is 4.16. The number of nitrogens with zero attached hydrogens (tertiary/aromatic N) is 2. The summed E-state index contributed by atoms with van der Waals surface area (Å²) in [6.45, 7) is 5.11. The van der Waals surface area contributed by atoms with Crippen molar-refractivity contribution in [3.63, 3.8) is 0 Å². The average molecular weight is 297 g/mol. The average Bonchev–Trinajstić information content (AvgIpc) is 2.99. The summed E-state index contributed by atoms with van der Waals surface area (Å²) < 4.78 is 22.3. The Morgan fingerprint density at radius 3 is 2.81 bits per heavy atom. The number of nitrogens with two attached hydrogens (primary N) is 1.